The normalized spacial score (nSPS) is 10.7. The van der Waals surface area contributed by atoms with Crippen LogP contribution in [0, 0.1) is 6.92 Å². The maximum atomic E-state index is 13.4. The predicted molar refractivity (Wildman–Crippen MR) is 151 cm³/mol. The molecule has 2 N–H and O–H groups in total. The number of amides is 2. The molecular formula is C29H22N4O6S. The van der Waals surface area contributed by atoms with Crippen LogP contribution in [0.5, 0.6) is 11.5 Å². The maximum absolute atomic E-state index is 13.4. The fraction of sp³-hybridized carbons (Fsp3) is 0.0690. The molecule has 3 aromatic carbocycles. The molecule has 0 unspecified atom stereocenters. The van der Waals surface area contributed by atoms with Crippen molar-refractivity contribution in [1.82, 2.24) is 9.38 Å². The SMILES string of the molecule is COC(=O)c1ccc(NC(=O)c2c(C(=O)Nc3ccc(Oc4ccccc4)cc3)sc3nc(C)cc(=O)n23)cc1. The topological polar surface area (TPSA) is 128 Å². The van der Waals surface area contributed by atoms with Gasteiger partial charge in [-0.3, -0.25) is 14.4 Å². The minimum atomic E-state index is -0.693. The van der Waals surface area contributed by atoms with E-state index in [4.69, 9.17) is 4.74 Å². The van der Waals surface area contributed by atoms with Crippen molar-refractivity contribution in [1.29, 1.82) is 0 Å². The van der Waals surface area contributed by atoms with E-state index in [2.05, 4.69) is 20.4 Å². The average Bonchev–Trinajstić information content (AvgIpc) is 3.35. The molecule has 0 saturated heterocycles. The van der Waals surface area contributed by atoms with E-state index in [1.165, 1.54) is 37.4 Å². The standard InChI is InChI=1S/C29H22N4O6S/c1-17-16-23(34)33-24(26(35)31-19-10-8-18(9-11-19)28(37)38-2)25(40-29(33)30-17)27(36)32-20-12-14-22(15-13-20)39-21-6-4-3-5-7-21/h3-16H,1-2H3,(H,31,35)(H,32,36). The molecule has 5 rings (SSSR count). The summed E-state index contributed by atoms with van der Waals surface area (Å²) >= 11 is 0.926. The molecule has 0 aliphatic carbocycles. The second-order valence-electron chi connectivity index (χ2n) is 8.55. The second kappa shape index (κ2) is 11.2. The number of hydrogen-bond acceptors (Lipinski definition) is 8. The van der Waals surface area contributed by atoms with Gasteiger partial charge in [-0.15, -0.1) is 0 Å². The Morgan fingerprint density at radius 1 is 0.825 bits per heavy atom. The number of rotatable bonds is 7. The first-order chi connectivity index (χ1) is 19.3. The summed E-state index contributed by atoms with van der Waals surface area (Å²) in [6.45, 7) is 1.66. The summed E-state index contributed by atoms with van der Waals surface area (Å²) in [6.07, 6.45) is 0. The van der Waals surface area contributed by atoms with Crippen LogP contribution >= 0.6 is 11.3 Å². The van der Waals surface area contributed by atoms with Gasteiger partial charge in [0.25, 0.3) is 17.4 Å². The molecule has 2 amide bonds. The number of para-hydroxylation sites is 1. The Morgan fingerprint density at radius 3 is 2.08 bits per heavy atom. The summed E-state index contributed by atoms with van der Waals surface area (Å²) in [5, 5.41) is 5.46. The fourth-order valence-corrected chi connectivity index (χ4v) is 4.93. The molecule has 10 nitrogen and oxygen atoms in total. The zero-order valence-electron chi connectivity index (χ0n) is 21.3. The Labute approximate surface area is 231 Å². The first-order valence-corrected chi connectivity index (χ1v) is 12.8. The largest absolute Gasteiger partial charge is 0.465 e. The lowest BCUT2D eigenvalue weighted by Crippen LogP contribution is -2.25. The predicted octanol–water partition coefficient (Wildman–Crippen LogP) is 5.15. The number of ether oxygens (including phenoxy) is 2. The highest BCUT2D eigenvalue weighted by Crippen LogP contribution is 2.26. The lowest BCUT2D eigenvalue weighted by atomic mass is 10.2. The number of carbonyl (C=O) groups excluding carboxylic acids is 3. The van der Waals surface area contributed by atoms with Gasteiger partial charge in [-0.05, 0) is 67.6 Å². The molecule has 2 aromatic heterocycles. The average molecular weight is 555 g/mol. The monoisotopic (exact) mass is 554 g/mol. The van der Waals surface area contributed by atoms with E-state index in [1.54, 1.807) is 31.2 Å². The number of nitrogens with zero attached hydrogens (tertiary/aromatic N) is 2. The van der Waals surface area contributed by atoms with E-state index in [0.717, 1.165) is 15.7 Å². The van der Waals surface area contributed by atoms with Gasteiger partial charge in [0.15, 0.2) is 4.96 Å². The number of hydrogen-bond donors (Lipinski definition) is 2. The molecule has 11 heteroatoms. The highest BCUT2D eigenvalue weighted by molar-refractivity contribution is 7.19. The summed E-state index contributed by atoms with van der Waals surface area (Å²) < 4.78 is 11.6. The van der Waals surface area contributed by atoms with E-state index < -0.39 is 23.3 Å². The lowest BCUT2D eigenvalue weighted by molar-refractivity contribution is 0.0600. The quantitative estimate of drug-likeness (QED) is 0.266. The molecule has 2 heterocycles. The molecule has 5 aromatic rings. The smallest absolute Gasteiger partial charge is 0.337 e. The minimum absolute atomic E-state index is 0.00323. The Kier molecular flexibility index (Phi) is 7.38. The number of aryl methyl sites for hydroxylation is 1. The van der Waals surface area contributed by atoms with E-state index >= 15 is 0 Å². The van der Waals surface area contributed by atoms with Gasteiger partial charge in [0.05, 0.1) is 12.7 Å². The van der Waals surface area contributed by atoms with Gasteiger partial charge in [-0.1, -0.05) is 29.5 Å². The Morgan fingerprint density at radius 2 is 1.43 bits per heavy atom. The summed E-state index contributed by atoms with van der Waals surface area (Å²) in [7, 11) is 1.27. The van der Waals surface area contributed by atoms with Gasteiger partial charge < -0.3 is 20.1 Å². The molecule has 200 valence electrons. The van der Waals surface area contributed by atoms with Crippen LogP contribution in [-0.2, 0) is 4.74 Å². The lowest BCUT2D eigenvalue weighted by Gasteiger charge is -2.09. The number of thiazole rings is 1. The van der Waals surface area contributed by atoms with E-state index in [-0.39, 0.29) is 15.5 Å². The van der Waals surface area contributed by atoms with E-state index in [0.29, 0.717) is 34.1 Å². The second-order valence-corrected chi connectivity index (χ2v) is 9.53. The fourth-order valence-electron chi connectivity index (χ4n) is 3.86. The first-order valence-electron chi connectivity index (χ1n) is 12.0. The van der Waals surface area contributed by atoms with Crippen LogP contribution in [0.15, 0.2) is 89.7 Å². The van der Waals surface area contributed by atoms with E-state index in [9.17, 15) is 19.2 Å². The summed E-state index contributed by atoms with van der Waals surface area (Å²) in [5.74, 6) is -0.547. The maximum Gasteiger partial charge on any atom is 0.337 e. The van der Waals surface area contributed by atoms with Crippen LogP contribution in [0.3, 0.4) is 0 Å². The molecule has 0 atom stereocenters. The molecule has 0 bridgehead atoms. The van der Waals surface area contributed by atoms with Gasteiger partial charge in [-0.25, -0.2) is 14.2 Å². The van der Waals surface area contributed by atoms with Gasteiger partial charge in [0.1, 0.15) is 22.1 Å². The minimum Gasteiger partial charge on any atom is -0.465 e. The molecule has 0 spiro atoms. The van der Waals surface area contributed by atoms with Crippen molar-refractivity contribution in [2.24, 2.45) is 0 Å². The summed E-state index contributed by atoms with van der Waals surface area (Å²) in [6, 6.07) is 23.3. The van der Waals surface area contributed by atoms with Crippen molar-refractivity contribution in [2.75, 3.05) is 17.7 Å². The van der Waals surface area contributed by atoms with Crippen LogP contribution in [0.25, 0.3) is 4.96 Å². The van der Waals surface area contributed by atoms with Crippen molar-refractivity contribution >= 4 is 45.5 Å². The molecular weight excluding hydrogens is 532 g/mol. The summed E-state index contributed by atoms with van der Waals surface area (Å²) in [5.41, 5.74) is 0.923. The Bertz CT molecular complexity index is 1780. The highest BCUT2D eigenvalue weighted by atomic mass is 32.1. The molecule has 0 radical (unpaired) electrons. The number of nitrogens with one attached hydrogen (secondary N) is 2. The van der Waals surface area contributed by atoms with Crippen LogP contribution in [-0.4, -0.2) is 34.3 Å². The van der Waals surface area contributed by atoms with Gasteiger partial charge >= 0.3 is 5.97 Å². The number of anilines is 2. The van der Waals surface area contributed by atoms with Crippen LogP contribution < -0.4 is 20.9 Å². The third-order valence-corrected chi connectivity index (χ3v) is 6.76. The zero-order chi connectivity index (χ0) is 28.2. The third kappa shape index (κ3) is 5.59. The number of carbonyl (C=O) groups is 3. The summed E-state index contributed by atoms with van der Waals surface area (Å²) in [4.78, 5) is 55.9. The van der Waals surface area contributed by atoms with Crippen LogP contribution in [0.2, 0.25) is 0 Å². The number of fused-ring (bicyclic) bond motifs is 1. The van der Waals surface area contributed by atoms with Gasteiger partial charge in [-0.2, -0.15) is 0 Å². The number of aromatic nitrogens is 2. The molecule has 40 heavy (non-hydrogen) atoms. The Balaban J connectivity index is 1.42. The number of methoxy groups -OCH3 is 1. The molecule has 0 aliphatic rings. The first kappa shape index (κ1) is 26.3. The van der Waals surface area contributed by atoms with Crippen molar-refractivity contribution in [2.45, 2.75) is 6.92 Å². The van der Waals surface area contributed by atoms with Gasteiger partial charge in [0, 0.05) is 23.1 Å². The molecule has 0 saturated carbocycles. The molecule has 0 aliphatic heterocycles. The van der Waals surface area contributed by atoms with E-state index in [1.807, 2.05) is 30.3 Å². The van der Waals surface area contributed by atoms with Crippen molar-refractivity contribution < 1.29 is 23.9 Å². The van der Waals surface area contributed by atoms with Crippen molar-refractivity contribution in [3.8, 4) is 11.5 Å². The highest BCUT2D eigenvalue weighted by Gasteiger charge is 2.26. The van der Waals surface area contributed by atoms with Crippen molar-refractivity contribution in [3.05, 3.63) is 117 Å². The van der Waals surface area contributed by atoms with Crippen LogP contribution in [0.1, 0.15) is 36.2 Å². The van der Waals surface area contributed by atoms with Gasteiger partial charge in [0.2, 0.25) is 0 Å². The Hall–Kier alpha value is -5.29. The third-order valence-electron chi connectivity index (χ3n) is 5.72. The molecule has 0 fully saturated rings. The van der Waals surface area contributed by atoms with Crippen LogP contribution in [0.4, 0.5) is 11.4 Å². The number of benzene rings is 3. The van der Waals surface area contributed by atoms with Crippen molar-refractivity contribution in [3.63, 3.8) is 0 Å². The zero-order valence-corrected chi connectivity index (χ0v) is 22.2. The number of esters is 1.